The lowest BCUT2D eigenvalue weighted by molar-refractivity contribution is 0.0942. The van der Waals surface area contributed by atoms with Crippen LogP contribution in [0.4, 0.5) is 5.82 Å². The van der Waals surface area contributed by atoms with Gasteiger partial charge in [0.1, 0.15) is 11.5 Å². The molecule has 0 aromatic carbocycles. The number of carbonyl (C=O) groups is 1. The van der Waals surface area contributed by atoms with Crippen molar-refractivity contribution in [3.05, 3.63) is 62.7 Å². The van der Waals surface area contributed by atoms with E-state index >= 15 is 0 Å². The minimum atomic E-state index is -0.0870. The molecule has 29 heavy (non-hydrogen) atoms. The molecule has 1 aliphatic rings. The average Bonchev–Trinajstić information content (AvgIpc) is 3.28. The first-order chi connectivity index (χ1) is 13.9. The zero-order valence-electron chi connectivity index (χ0n) is 16.9. The number of amides is 1. The third-order valence-corrected chi connectivity index (χ3v) is 7.72. The maximum atomic E-state index is 12.8. The predicted molar refractivity (Wildman–Crippen MR) is 119 cm³/mol. The molecule has 3 aromatic rings. The molecule has 0 atom stereocenters. The maximum Gasteiger partial charge on any atom is 0.268 e. The fourth-order valence-corrected chi connectivity index (χ4v) is 5.46. The summed E-state index contributed by atoms with van der Waals surface area (Å²) in [5.74, 6) is 0.413. The zero-order valence-corrected chi connectivity index (χ0v) is 18.5. The number of nitrogens with two attached hydrogens (primary N) is 1. The van der Waals surface area contributed by atoms with Crippen molar-refractivity contribution in [3.63, 3.8) is 0 Å². The molecule has 6 nitrogen and oxygen atoms in total. The lowest BCUT2D eigenvalue weighted by Crippen LogP contribution is -2.25. The van der Waals surface area contributed by atoms with Gasteiger partial charge in [-0.1, -0.05) is 0 Å². The van der Waals surface area contributed by atoms with Crippen LogP contribution in [0.1, 0.15) is 37.7 Å². The second-order valence-electron chi connectivity index (χ2n) is 7.28. The molecule has 0 saturated carbocycles. The molecule has 4 heterocycles. The number of aromatic nitrogens is 2. The molecule has 1 aliphatic heterocycles. The number of pyridine rings is 1. The van der Waals surface area contributed by atoms with E-state index in [1.54, 1.807) is 18.1 Å². The Morgan fingerprint density at radius 1 is 1.38 bits per heavy atom. The highest BCUT2D eigenvalue weighted by Gasteiger charge is 2.22. The van der Waals surface area contributed by atoms with Gasteiger partial charge in [0.2, 0.25) is 0 Å². The first-order valence-electron chi connectivity index (χ1n) is 9.56. The summed E-state index contributed by atoms with van der Waals surface area (Å²) in [5.41, 5.74) is 10.9. The summed E-state index contributed by atoms with van der Waals surface area (Å²) in [5, 5.41) is 5.19. The Hall–Kier alpha value is -2.29. The molecular formula is C21H25N5OS2. The minimum absolute atomic E-state index is 0.0870. The molecule has 3 N–H and O–H groups in total. The quantitative estimate of drug-likeness (QED) is 0.608. The van der Waals surface area contributed by atoms with Gasteiger partial charge >= 0.3 is 0 Å². The average molecular weight is 428 g/mol. The number of nitrogens with one attached hydrogen (secondary N) is 1. The highest BCUT2D eigenvalue weighted by atomic mass is 32.2. The third kappa shape index (κ3) is 4.05. The number of nitrogen functional groups attached to an aromatic ring is 1. The van der Waals surface area contributed by atoms with Crippen LogP contribution in [0, 0.1) is 13.8 Å². The van der Waals surface area contributed by atoms with Crippen LogP contribution in [-0.2, 0) is 26.6 Å². The van der Waals surface area contributed by atoms with Gasteiger partial charge in [0.05, 0.1) is 0 Å². The normalized spacial score (nSPS) is 14.0. The van der Waals surface area contributed by atoms with E-state index in [1.807, 2.05) is 42.0 Å². The fourth-order valence-electron chi connectivity index (χ4n) is 3.47. The first-order valence-corrected chi connectivity index (χ1v) is 11.2. The largest absolute Gasteiger partial charge is 0.383 e. The summed E-state index contributed by atoms with van der Waals surface area (Å²) >= 11 is 3.59. The summed E-state index contributed by atoms with van der Waals surface area (Å²) in [6, 6.07) is 6.10. The van der Waals surface area contributed by atoms with Crippen LogP contribution in [0.2, 0.25) is 0 Å². The van der Waals surface area contributed by atoms with E-state index in [1.165, 1.54) is 10.4 Å². The van der Waals surface area contributed by atoms with Gasteiger partial charge in [-0.2, -0.15) is 0 Å². The molecule has 1 amide bonds. The van der Waals surface area contributed by atoms with Gasteiger partial charge in [0, 0.05) is 48.3 Å². The minimum Gasteiger partial charge on any atom is -0.383 e. The lowest BCUT2D eigenvalue weighted by Gasteiger charge is -2.25. The Morgan fingerprint density at radius 3 is 3.03 bits per heavy atom. The maximum absolute atomic E-state index is 12.8. The van der Waals surface area contributed by atoms with Crippen LogP contribution in [0.5, 0.6) is 0 Å². The van der Waals surface area contributed by atoms with Gasteiger partial charge in [-0.3, -0.25) is 4.79 Å². The topological polar surface area (TPSA) is 76.2 Å². The van der Waals surface area contributed by atoms with Crippen molar-refractivity contribution >= 4 is 35.0 Å². The molecule has 0 spiro atoms. The van der Waals surface area contributed by atoms with E-state index in [4.69, 9.17) is 5.73 Å². The number of carbonyl (C=O) groups excluding carboxylic acids is 1. The predicted octanol–water partition coefficient (Wildman–Crippen LogP) is 3.68. The molecule has 0 unspecified atom stereocenters. The number of fused-ring (bicyclic) bond motifs is 1. The number of hydrogen-bond donors (Lipinski definition) is 2. The van der Waals surface area contributed by atoms with Gasteiger partial charge < -0.3 is 15.6 Å². The molecule has 0 fully saturated rings. The Morgan fingerprint density at radius 2 is 2.21 bits per heavy atom. The highest BCUT2D eigenvalue weighted by molar-refractivity contribution is 7.97. The summed E-state index contributed by atoms with van der Waals surface area (Å²) in [7, 11) is 1.94. The number of anilines is 1. The summed E-state index contributed by atoms with van der Waals surface area (Å²) < 4.78 is 4.34. The van der Waals surface area contributed by atoms with Crippen LogP contribution >= 0.6 is 23.3 Å². The van der Waals surface area contributed by atoms with E-state index < -0.39 is 0 Å². The van der Waals surface area contributed by atoms with Gasteiger partial charge in [-0.25, -0.2) is 9.29 Å². The zero-order chi connectivity index (χ0) is 20.5. The van der Waals surface area contributed by atoms with Crippen LogP contribution in [0.3, 0.4) is 0 Å². The van der Waals surface area contributed by atoms with Gasteiger partial charge in [0.25, 0.3) is 5.91 Å². The SMILES string of the molecule is Cc1c(CNC(=O)c2cc(SN3CCc4sccc4C3)c(C)n2C)ccnc1N. The third-order valence-electron chi connectivity index (χ3n) is 5.52. The molecule has 0 radical (unpaired) electrons. The van der Waals surface area contributed by atoms with Gasteiger partial charge in [0.15, 0.2) is 0 Å². The molecule has 8 heteroatoms. The molecule has 0 bridgehead atoms. The van der Waals surface area contributed by atoms with Crippen molar-refractivity contribution in [2.45, 2.75) is 38.3 Å². The van der Waals surface area contributed by atoms with E-state index in [2.05, 4.69) is 33.0 Å². The number of hydrogen-bond acceptors (Lipinski definition) is 6. The second-order valence-corrected chi connectivity index (χ2v) is 9.41. The van der Waals surface area contributed by atoms with Crippen LogP contribution in [-0.4, -0.2) is 26.3 Å². The second kappa shape index (κ2) is 8.22. The summed E-state index contributed by atoms with van der Waals surface area (Å²) in [4.78, 5) is 19.5. The van der Waals surface area contributed by atoms with Crippen molar-refractivity contribution in [2.24, 2.45) is 7.05 Å². The Kier molecular flexibility index (Phi) is 5.67. The van der Waals surface area contributed by atoms with E-state index in [9.17, 15) is 4.79 Å². The molecular weight excluding hydrogens is 402 g/mol. The van der Waals surface area contributed by atoms with E-state index in [0.717, 1.165) is 41.2 Å². The van der Waals surface area contributed by atoms with E-state index in [-0.39, 0.29) is 5.91 Å². The molecule has 4 rings (SSSR count). The van der Waals surface area contributed by atoms with Crippen molar-refractivity contribution < 1.29 is 4.79 Å². The summed E-state index contributed by atoms with van der Waals surface area (Å²) in [6.07, 6.45) is 2.76. The highest BCUT2D eigenvalue weighted by Crippen LogP contribution is 2.34. The van der Waals surface area contributed by atoms with Crippen LogP contribution in [0.15, 0.2) is 34.7 Å². The van der Waals surface area contributed by atoms with Gasteiger partial charge in [-0.05, 0) is 72.5 Å². The number of rotatable bonds is 5. The Balaban J connectivity index is 1.45. The smallest absolute Gasteiger partial charge is 0.268 e. The standard InChI is InChI=1S/C21H25N5OS2/c1-13-15(4-7-23-20(13)22)11-24-21(27)17-10-19(14(2)25(17)3)29-26-8-5-18-16(12-26)6-9-28-18/h4,6-7,9-10H,5,8,11-12H2,1-3H3,(H2,22,23)(H,24,27). The first kappa shape index (κ1) is 20.0. The van der Waals surface area contributed by atoms with Crippen LogP contribution < -0.4 is 11.1 Å². The monoisotopic (exact) mass is 427 g/mol. The lowest BCUT2D eigenvalue weighted by atomic mass is 10.1. The number of nitrogens with zero attached hydrogens (tertiary/aromatic N) is 3. The number of thiophene rings is 1. The van der Waals surface area contributed by atoms with Crippen molar-refractivity contribution in [3.8, 4) is 0 Å². The Bertz CT molecular complexity index is 1060. The van der Waals surface area contributed by atoms with Crippen molar-refractivity contribution in [1.82, 2.24) is 19.2 Å². The molecule has 0 aliphatic carbocycles. The fraction of sp³-hybridized carbons (Fsp3) is 0.333. The molecule has 3 aromatic heterocycles. The Labute approximate surface area is 179 Å². The van der Waals surface area contributed by atoms with Crippen LogP contribution in [0.25, 0.3) is 0 Å². The molecule has 152 valence electrons. The van der Waals surface area contributed by atoms with Gasteiger partial charge in [-0.15, -0.1) is 11.3 Å². The van der Waals surface area contributed by atoms with E-state index in [0.29, 0.717) is 18.1 Å². The summed E-state index contributed by atoms with van der Waals surface area (Å²) in [6.45, 7) is 6.38. The van der Waals surface area contributed by atoms with Crippen molar-refractivity contribution in [2.75, 3.05) is 12.3 Å². The molecule has 0 saturated heterocycles. The van der Waals surface area contributed by atoms with Crippen molar-refractivity contribution in [1.29, 1.82) is 0 Å².